The van der Waals surface area contributed by atoms with Gasteiger partial charge in [-0.2, -0.15) is 0 Å². The molecule has 0 saturated heterocycles. The maximum atomic E-state index is 12.0. The Kier molecular flexibility index (Phi) is 5.94. The highest BCUT2D eigenvalue weighted by molar-refractivity contribution is 5.94. The molecule has 0 spiro atoms. The highest BCUT2D eigenvalue weighted by Crippen LogP contribution is 2.12. The van der Waals surface area contributed by atoms with Crippen LogP contribution in [0.4, 0.5) is 17.5 Å². The molecule has 3 rings (SSSR count). The van der Waals surface area contributed by atoms with Gasteiger partial charge in [-0.25, -0.2) is 4.98 Å². The number of amides is 1. The molecule has 0 unspecified atom stereocenters. The number of hydrogen-bond donors (Lipinski definition) is 3. The van der Waals surface area contributed by atoms with Crippen molar-refractivity contribution in [3.05, 3.63) is 71.4 Å². The zero-order valence-electron chi connectivity index (χ0n) is 15.4. The van der Waals surface area contributed by atoms with E-state index in [1.54, 1.807) is 6.20 Å². The largest absolute Gasteiger partial charge is 0.367 e. The third-order valence-corrected chi connectivity index (χ3v) is 3.86. The van der Waals surface area contributed by atoms with Crippen LogP contribution in [0, 0.1) is 13.8 Å². The average Bonchev–Trinajstić information content (AvgIpc) is 2.68. The lowest BCUT2D eigenvalue weighted by Crippen LogP contribution is -2.28. The van der Waals surface area contributed by atoms with E-state index in [0.29, 0.717) is 30.3 Å². The third kappa shape index (κ3) is 5.50. The van der Waals surface area contributed by atoms with Crippen molar-refractivity contribution >= 4 is 23.4 Å². The Morgan fingerprint density at radius 1 is 0.815 bits per heavy atom. The van der Waals surface area contributed by atoms with Crippen molar-refractivity contribution in [1.82, 2.24) is 20.5 Å². The van der Waals surface area contributed by atoms with Crippen LogP contribution < -0.4 is 16.0 Å². The summed E-state index contributed by atoms with van der Waals surface area (Å²) in [5.74, 6) is 1.88. The standard InChI is InChI=1S/C20H22N6O/c1-14-3-6-16(7-4-14)20(27)22-12-11-21-18-9-10-19(26-25-18)24-17-8-5-15(2)13-23-17/h3-10,13H,11-12H2,1-2H3,(H,21,25)(H,22,27)(H,23,24,26). The Morgan fingerprint density at radius 3 is 2.15 bits per heavy atom. The molecular weight excluding hydrogens is 340 g/mol. The number of carbonyl (C=O) groups excluding carboxylic acids is 1. The molecular formula is C20H22N6O. The highest BCUT2D eigenvalue weighted by Gasteiger charge is 2.04. The number of hydrogen-bond acceptors (Lipinski definition) is 6. The fourth-order valence-corrected chi connectivity index (χ4v) is 2.34. The van der Waals surface area contributed by atoms with Crippen molar-refractivity contribution in [2.24, 2.45) is 0 Å². The number of nitrogens with zero attached hydrogens (tertiary/aromatic N) is 3. The number of aromatic nitrogens is 3. The van der Waals surface area contributed by atoms with Gasteiger partial charge in [0.05, 0.1) is 0 Å². The molecule has 7 nitrogen and oxygen atoms in total. The molecule has 0 aliphatic carbocycles. The summed E-state index contributed by atoms with van der Waals surface area (Å²) in [6.45, 7) is 5.02. The summed E-state index contributed by atoms with van der Waals surface area (Å²) < 4.78 is 0. The molecule has 3 aromatic rings. The van der Waals surface area contributed by atoms with Gasteiger partial charge in [0.2, 0.25) is 0 Å². The Bertz CT molecular complexity index is 876. The van der Waals surface area contributed by atoms with Crippen molar-refractivity contribution < 1.29 is 4.79 Å². The summed E-state index contributed by atoms with van der Waals surface area (Å²) in [6.07, 6.45) is 1.79. The molecule has 2 heterocycles. The third-order valence-electron chi connectivity index (χ3n) is 3.86. The van der Waals surface area contributed by atoms with Crippen LogP contribution in [0.1, 0.15) is 21.5 Å². The SMILES string of the molecule is Cc1ccc(C(=O)NCCNc2ccc(Nc3ccc(C)cn3)nn2)cc1. The van der Waals surface area contributed by atoms with Gasteiger partial charge in [0.25, 0.3) is 5.91 Å². The van der Waals surface area contributed by atoms with Crippen LogP contribution in [-0.4, -0.2) is 34.2 Å². The predicted molar refractivity (Wildman–Crippen MR) is 106 cm³/mol. The molecule has 138 valence electrons. The van der Waals surface area contributed by atoms with Crippen LogP contribution in [0.5, 0.6) is 0 Å². The summed E-state index contributed by atoms with van der Waals surface area (Å²) in [5, 5.41) is 17.3. The van der Waals surface area contributed by atoms with Gasteiger partial charge in [0, 0.05) is 24.8 Å². The number of anilines is 3. The molecule has 0 fully saturated rings. The number of pyridine rings is 1. The average molecular weight is 362 g/mol. The van der Waals surface area contributed by atoms with Gasteiger partial charge in [-0.1, -0.05) is 23.8 Å². The molecule has 0 radical (unpaired) electrons. The summed E-state index contributed by atoms with van der Waals surface area (Å²) in [7, 11) is 0. The fourth-order valence-electron chi connectivity index (χ4n) is 2.34. The van der Waals surface area contributed by atoms with Gasteiger partial charge < -0.3 is 16.0 Å². The van der Waals surface area contributed by atoms with Crippen LogP contribution in [0.2, 0.25) is 0 Å². The van der Waals surface area contributed by atoms with E-state index >= 15 is 0 Å². The van der Waals surface area contributed by atoms with Gasteiger partial charge in [0.15, 0.2) is 5.82 Å². The first-order valence-corrected chi connectivity index (χ1v) is 8.72. The number of benzene rings is 1. The van der Waals surface area contributed by atoms with Crippen molar-refractivity contribution in [3.8, 4) is 0 Å². The van der Waals surface area contributed by atoms with E-state index in [0.717, 1.165) is 16.9 Å². The van der Waals surface area contributed by atoms with Crippen molar-refractivity contribution in [2.45, 2.75) is 13.8 Å². The number of aryl methyl sites for hydroxylation is 2. The highest BCUT2D eigenvalue weighted by atomic mass is 16.1. The zero-order chi connectivity index (χ0) is 19.1. The Labute approximate surface area is 158 Å². The van der Waals surface area contributed by atoms with Crippen molar-refractivity contribution in [3.63, 3.8) is 0 Å². The Hall–Kier alpha value is -3.48. The number of nitrogens with one attached hydrogen (secondary N) is 3. The van der Waals surface area contributed by atoms with Crippen LogP contribution in [0.15, 0.2) is 54.7 Å². The molecule has 0 bridgehead atoms. The first-order chi connectivity index (χ1) is 13.1. The summed E-state index contributed by atoms with van der Waals surface area (Å²) in [4.78, 5) is 16.3. The Balaban J connectivity index is 1.42. The second kappa shape index (κ2) is 8.75. The molecule has 0 saturated carbocycles. The first-order valence-electron chi connectivity index (χ1n) is 8.72. The molecule has 2 aromatic heterocycles. The first kappa shape index (κ1) is 18.3. The summed E-state index contributed by atoms with van der Waals surface area (Å²) >= 11 is 0. The van der Waals surface area contributed by atoms with Gasteiger partial charge in [-0.15, -0.1) is 10.2 Å². The Morgan fingerprint density at radius 2 is 1.48 bits per heavy atom. The molecule has 7 heteroatoms. The van der Waals surface area contributed by atoms with Crippen molar-refractivity contribution in [2.75, 3.05) is 23.7 Å². The minimum atomic E-state index is -0.0898. The minimum absolute atomic E-state index is 0.0898. The monoisotopic (exact) mass is 362 g/mol. The second-order valence-corrected chi connectivity index (χ2v) is 6.20. The summed E-state index contributed by atoms with van der Waals surface area (Å²) in [6, 6.07) is 15.0. The van der Waals surface area contributed by atoms with Gasteiger partial charge >= 0.3 is 0 Å². The number of rotatable bonds is 7. The predicted octanol–water partition coefficient (Wildman–Crippen LogP) is 3.07. The molecule has 27 heavy (non-hydrogen) atoms. The van der Waals surface area contributed by atoms with Gasteiger partial charge in [-0.05, 0) is 49.7 Å². The maximum absolute atomic E-state index is 12.0. The van der Waals surface area contributed by atoms with E-state index in [1.165, 1.54) is 0 Å². The van der Waals surface area contributed by atoms with Crippen LogP contribution >= 0.6 is 0 Å². The lowest BCUT2D eigenvalue weighted by molar-refractivity contribution is 0.0955. The van der Waals surface area contributed by atoms with E-state index in [9.17, 15) is 4.79 Å². The second-order valence-electron chi connectivity index (χ2n) is 6.20. The van der Waals surface area contributed by atoms with E-state index < -0.39 is 0 Å². The van der Waals surface area contributed by atoms with E-state index in [2.05, 4.69) is 31.1 Å². The molecule has 0 atom stereocenters. The van der Waals surface area contributed by atoms with Gasteiger partial charge in [-0.3, -0.25) is 4.79 Å². The molecule has 0 aliphatic heterocycles. The molecule has 1 amide bonds. The zero-order valence-corrected chi connectivity index (χ0v) is 15.4. The van der Waals surface area contributed by atoms with Crippen LogP contribution in [0.3, 0.4) is 0 Å². The van der Waals surface area contributed by atoms with E-state index in [-0.39, 0.29) is 5.91 Å². The van der Waals surface area contributed by atoms with Crippen LogP contribution in [0.25, 0.3) is 0 Å². The lowest BCUT2D eigenvalue weighted by Gasteiger charge is -2.08. The molecule has 3 N–H and O–H groups in total. The van der Waals surface area contributed by atoms with E-state index in [1.807, 2.05) is 62.4 Å². The number of carbonyl (C=O) groups is 1. The van der Waals surface area contributed by atoms with Crippen LogP contribution in [-0.2, 0) is 0 Å². The molecule has 1 aromatic carbocycles. The molecule has 0 aliphatic rings. The lowest BCUT2D eigenvalue weighted by atomic mass is 10.1. The fraction of sp³-hybridized carbons (Fsp3) is 0.200. The smallest absolute Gasteiger partial charge is 0.251 e. The van der Waals surface area contributed by atoms with Gasteiger partial charge in [0.1, 0.15) is 11.6 Å². The topological polar surface area (TPSA) is 91.8 Å². The van der Waals surface area contributed by atoms with E-state index in [4.69, 9.17) is 0 Å². The normalized spacial score (nSPS) is 10.3. The van der Waals surface area contributed by atoms with Crippen molar-refractivity contribution in [1.29, 1.82) is 0 Å². The summed E-state index contributed by atoms with van der Waals surface area (Å²) in [5.41, 5.74) is 2.88. The quantitative estimate of drug-likeness (QED) is 0.560. The maximum Gasteiger partial charge on any atom is 0.251 e. The minimum Gasteiger partial charge on any atom is -0.367 e.